The number of benzene rings is 1. The number of nitro groups is 1. The molecule has 0 radical (unpaired) electrons. The minimum absolute atomic E-state index is 0.157. The number of nitrogens with zero attached hydrogens (tertiary/aromatic N) is 1. The van der Waals surface area contributed by atoms with Crippen LogP contribution in [0.2, 0.25) is 0 Å². The Kier molecular flexibility index (Phi) is 5.48. The van der Waals surface area contributed by atoms with E-state index >= 15 is 0 Å². The van der Waals surface area contributed by atoms with Crippen molar-refractivity contribution >= 4 is 29.0 Å². The molecular formula is C15H21N3O4S. The van der Waals surface area contributed by atoms with E-state index in [-0.39, 0.29) is 29.0 Å². The topological polar surface area (TPSA) is 104 Å². The van der Waals surface area contributed by atoms with Crippen LogP contribution in [0.1, 0.15) is 30.1 Å². The Hall–Kier alpha value is -1.80. The Morgan fingerprint density at radius 1 is 1.57 bits per heavy atom. The van der Waals surface area contributed by atoms with Crippen LogP contribution in [-0.2, 0) is 0 Å². The van der Waals surface area contributed by atoms with Gasteiger partial charge in [-0.1, -0.05) is 6.92 Å². The largest absolute Gasteiger partial charge is 0.387 e. The van der Waals surface area contributed by atoms with Gasteiger partial charge in [0, 0.05) is 30.5 Å². The summed E-state index contributed by atoms with van der Waals surface area (Å²) in [5, 5.41) is 27.3. The average Bonchev–Trinajstić information content (AvgIpc) is 2.55. The van der Waals surface area contributed by atoms with Crippen molar-refractivity contribution in [2.45, 2.75) is 30.6 Å². The molecule has 0 aromatic heterocycles. The quantitative estimate of drug-likeness (QED) is 0.518. The second kappa shape index (κ2) is 7.18. The lowest BCUT2D eigenvalue weighted by molar-refractivity contribution is -0.384. The molecule has 1 aliphatic rings. The number of carbonyl (C=O) groups excluding carboxylic acids is 1. The zero-order valence-electron chi connectivity index (χ0n) is 13.2. The van der Waals surface area contributed by atoms with Crippen LogP contribution >= 0.6 is 11.8 Å². The molecule has 1 aromatic carbocycles. The number of carbonyl (C=O) groups is 1. The normalized spacial score (nSPS) is 23.0. The van der Waals surface area contributed by atoms with Crippen LogP contribution in [-0.4, -0.2) is 46.1 Å². The first-order valence-electron chi connectivity index (χ1n) is 7.49. The van der Waals surface area contributed by atoms with Gasteiger partial charge in [-0.25, -0.2) is 0 Å². The van der Waals surface area contributed by atoms with Crippen LogP contribution in [0.15, 0.2) is 18.2 Å². The fourth-order valence-electron chi connectivity index (χ4n) is 2.60. The molecule has 2 unspecified atom stereocenters. The number of hydrogen-bond acceptors (Lipinski definition) is 6. The van der Waals surface area contributed by atoms with Crippen LogP contribution in [0.3, 0.4) is 0 Å². The number of rotatable bonds is 7. The van der Waals surface area contributed by atoms with Crippen LogP contribution in [0.4, 0.5) is 11.4 Å². The minimum Gasteiger partial charge on any atom is -0.387 e. The van der Waals surface area contributed by atoms with Crippen molar-refractivity contribution in [3.8, 4) is 0 Å². The standard InChI is InChI=1S/C15H21N3O4S/c1-3-23-13-6-7-15(13,20)9-17-11-5-4-10(14(19)16-2)8-12(11)18(21)22/h4-5,8,13,17,20H,3,6-7,9H2,1-2H3,(H,16,19). The Balaban J connectivity index is 2.13. The van der Waals surface area contributed by atoms with Gasteiger partial charge >= 0.3 is 0 Å². The maximum atomic E-state index is 11.6. The number of thioether (sulfide) groups is 1. The van der Waals surface area contributed by atoms with E-state index in [1.807, 2.05) is 6.92 Å². The Bertz CT molecular complexity index is 610. The molecule has 0 heterocycles. The first-order chi connectivity index (χ1) is 10.9. The van der Waals surface area contributed by atoms with Crippen molar-refractivity contribution in [2.75, 3.05) is 24.7 Å². The first-order valence-corrected chi connectivity index (χ1v) is 8.54. The predicted octanol–water partition coefficient (Wildman–Crippen LogP) is 2.01. The van der Waals surface area contributed by atoms with Gasteiger partial charge in [-0.2, -0.15) is 11.8 Å². The molecule has 126 valence electrons. The molecule has 0 bridgehead atoms. The first kappa shape index (κ1) is 17.6. The summed E-state index contributed by atoms with van der Waals surface area (Å²) in [6.07, 6.45) is 1.64. The van der Waals surface area contributed by atoms with Crippen molar-refractivity contribution < 1.29 is 14.8 Å². The fraction of sp³-hybridized carbons (Fsp3) is 0.533. The van der Waals surface area contributed by atoms with Crippen molar-refractivity contribution in [3.05, 3.63) is 33.9 Å². The summed E-state index contributed by atoms with van der Waals surface area (Å²) in [5.74, 6) is 0.546. The highest BCUT2D eigenvalue weighted by molar-refractivity contribution is 8.00. The lowest BCUT2D eigenvalue weighted by Gasteiger charge is -2.45. The van der Waals surface area contributed by atoms with E-state index in [1.54, 1.807) is 11.8 Å². The molecule has 8 heteroatoms. The monoisotopic (exact) mass is 339 g/mol. The highest BCUT2D eigenvalue weighted by Gasteiger charge is 2.45. The second-order valence-electron chi connectivity index (χ2n) is 5.51. The molecule has 1 aliphatic carbocycles. The lowest BCUT2D eigenvalue weighted by atomic mass is 9.79. The van der Waals surface area contributed by atoms with Crippen molar-refractivity contribution in [1.82, 2.24) is 5.32 Å². The molecule has 0 saturated heterocycles. The molecule has 7 nitrogen and oxygen atoms in total. The third kappa shape index (κ3) is 3.76. The molecule has 0 aliphatic heterocycles. The Morgan fingerprint density at radius 3 is 2.83 bits per heavy atom. The third-order valence-corrected chi connectivity index (χ3v) is 5.49. The molecular weight excluding hydrogens is 318 g/mol. The summed E-state index contributed by atoms with van der Waals surface area (Å²) >= 11 is 1.70. The van der Waals surface area contributed by atoms with Crippen molar-refractivity contribution in [2.24, 2.45) is 0 Å². The van der Waals surface area contributed by atoms with Gasteiger partial charge in [0.1, 0.15) is 5.69 Å². The predicted molar refractivity (Wildman–Crippen MR) is 91.1 cm³/mol. The summed E-state index contributed by atoms with van der Waals surface area (Å²) in [4.78, 5) is 22.3. The highest BCUT2D eigenvalue weighted by Crippen LogP contribution is 2.41. The van der Waals surface area contributed by atoms with Gasteiger partial charge in [0.15, 0.2) is 0 Å². The van der Waals surface area contributed by atoms with Gasteiger partial charge in [0.2, 0.25) is 0 Å². The van der Waals surface area contributed by atoms with Gasteiger partial charge in [-0.05, 0) is 30.7 Å². The number of nitrogens with one attached hydrogen (secondary N) is 2. The zero-order chi connectivity index (χ0) is 17.0. The van der Waals surface area contributed by atoms with E-state index in [1.165, 1.54) is 25.2 Å². The van der Waals surface area contributed by atoms with Crippen LogP contribution in [0.5, 0.6) is 0 Å². The molecule has 2 rings (SSSR count). The Labute approximate surface area is 139 Å². The van der Waals surface area contributed by atoms with Crippen LogP contribution < -0.4 is 10.6 Å². The van der Waals surface area contributed by atoms with E-state index in [4.69, 9.17) is 0 Å². The molecule has 2 atom stereocenters. The van der Waals surface area contributed by atoms with E-state index < -0.39 is 10.5 Å². The van der Waals surface area contributed by atoms with E-state index in [9.17, 15) is 20.0 Å². The summed E-state index contributed by atoms with van der Waals surface area (Å²) in [6, 6.07) is 4.27. The van der Waals surface area contributed by atoms with Crippen molar-refractivity contribution in [1.29, 1.82) is 0 Å². The van der Waals surface area contributed by atoms with Gasteiger partial charge in [-0.15, -0.1) is 0 Å². The average molecular weight is 339 g/mol. The van der Waals surface area contributed by atoms with Crippen LogP contribution in [0.25, 0.3) is 0 Å². The van der Waals surface area contributed by atoms with E-state index in [2.05, 4.69) is 10.6 Å². The third-order valence-electron chi connectivity index (χ3n) is 4.08. The van der Waals surface area contributed by atoms with Crippen LogP contribution in [0, 0.1) is 10.1 Å². The summed E-state index contributed by atoms with van der Waals surface area (Å²) in [7, 11) is 1.47. The molecule has 1 amide bonds. The summed E-state index contributed by atoms with van der Waals surface area (Å²) < 4.78 is 0. The van der Waals surface area contributed by atoms with E-state index in [0.717, 1.165) is 12.2 Å². The molecule has 0 spiro atoms. The molecule has 1 fully saturated rings. The lowest BCUT2D eigenvalue weighted by Crippen LogP contribution is -2.54. The van der Waals surface area contributed by atoms with Crippen molar-refractivity contribution in [3.63, 3.8) is 0 Å². The summed E-state index contributed by atoms with van der Waals surface area (Å²) in [5.41, 5.74) is -0.475. The smallest absolute Gasteiger partial charge is 0.293 e. The minimum atomic E-state index is -0.839. The highest BCUT2D eigenvalue weighted by atomic mass is 32.2. The Morgan fingerprint density at radius 2 is 2.30 bits per heavy atom. The maximum Gasteiger partial charge on any atom is 0.293 e. The number of hydrogen-bond donors (Lipinski definition) is 3. The fourth-order valence-corrected chi connectivity index (χ4v) is 3.80. The maximum absolute atomic E-state index is 11.6. The summed E-state index contributed by atoms with van der Waals surface area (Å²) in [6.45, 7) is 2.30. The van der Waals surface area contributed by atoms with Gasteiger partial charge in [0.05, 0.1) is 10.5 Å². The molecule has 3 N–H and O–H groups in total. The van der Waals surface area contributed by atoms with E-state index in [0.29, 0.717) is 12.1 Å². The molecule has 1 aromatic rings. The van der Waals surface area contributed by atoms with Gasteiger partial charge < -0.3 is 15.7 Å². The number of aliphatic hydroxyl groups is 1. The zero-order valence-corrected chi connectivity index (χ0v) is 14.0. The number of nitro benzene ring substituents is 1. The van der Waals surface area contributed by atoms with Gasteiger partial charge in [-0.3, -0.25) is 14.9 Å². The molecule has 23 heavy (non-hydrogen) atoms. The second-order valence-corrected chi connectivity index (χ2v) is 6.99. The van der Waals surface area contributed by atoms with Gasteiger partial charge in [0.25, 0.3) is 11.6 Å². The SMILES string of the molecule is CCSC1CCC1(O)CNc1ccc(C(=O)NC)cc1[N+](=O)[O-]. The molecule has 1 saturated carbocycles. The number of anilines is 1. The number of amides is 1.